The molecule has 0 saturated heterocycles. The molecular formula is C18H18O4. The highest BCUT2D eigenvalue weighted by Gasteiger charge is 2.23. The Labute approximate surface area is 129 Å². The van der Waals surface area contributed by atoms with Crippen molar-refractivity contribution in [3.63, 3.8) is 0 Å². The quantitative estimate of drug-likeness (QED) is 0.859. The summed E-state index contributed by atoms with van der Waals surface area (Å²) >= 11 is 0. The highest BCUT2D eigenvalue weighted by atomic mass is 16.7. The van der Waals surface area contributed by atoms with Crippen molar-refractivity contribution in [1.29, 1.82) is 0 Å². The van der Waals surface area contributed by atoms with Gasteiger partial charge in [0.05, 0.1) is 7.11 Å². The molecule has 2 aromatic carbocycles. The number of benzene rings is 2. The minimum Gasteiger partial charge on any atom is -0.507 e. The van der Waals surface area contributed by atoms with Gasteiger partial charge < -0.3 is 19.3 Å². The summed E-state index contributed by atoms with van der Waals surface area (Å²) in [6.45, 7) is 3.91. The maximum absolute atomic E-state index is 10.5. The summed E-state index contributed by atoms with van der Waals surface area (Å²) in [7, 11) is 1.64. The average Bonchev–Trinajstić information content (AvgIpc) is 3.00. The lowest BCUT2D eigenvalue weighted by molar-refractivity contribution is 0.173. The predicted octanol–water partition coefficient (Wildman–Crippen LogP) is 3.45. The van der Waals surface area contributed by atoms with Gasteiger partial charge in [-0.15, -0.1) is 6.58 Å². The van der Waals surface area contributed by atoms with Crippen LogP contribution < -0.4 is 14.2 Å². The molecular weight excluding hydrogens is 280 g/mol. The molecule has 0 saturated carbocycles. The second-order valence-corrected chi connectivity index (χ2v) is 5.11. The molecule has 4 nitrogen and oxygen atoms in total. The van der Waals surface area contributed by atoms with E-state index in [1.807, 2.05) is 30.3 Å². The number of rotatable bonds is 5. The third kappa shape index (κ3) is 2.60. The van der Waals surface area contributed by atoms with E-state index >= 15 is 0 Å². The number of phenolic OH excluding ortho intramolecular Hbond substituents is 1. The Morgan fingerprint density at radius 2 is 2.05 bits per heavy atom. The van der Waals surface area contributed by atoms with Crippen LogP contribution in [-0.2, 0) is 12.8 Å². The summed E-state index contributed by atoms with van der Waals surface area (Å²) < 4.78 is 16.2. The molecule has 0 amide bonds. The van der Waals surface area contributed by atoms with E-state index in [0.29, 0.717) is 24.3 Å². The first-order chi connectivity index (χ1) is 10.7. The van der Waals surface area contributed by atoms with Gasteiger partial charge in [-0.25, -0.2) is 0 Å². The number of aromatic hydroxyl groups is 1. The smallest absolute Gasteiger partial charge is 0.231 e. The fourth-order valence-corrected chi connectivity index (χ4v) is 2.58. The standard InChI is InChI=1S/C18H18O4/c1-3-4-13-10-16-18(22-11-21-16)15(17(13)19)9-12-5-7-14(20-2)8-6-12/h3,5-8,10,19H,1,4,9,11H2,2H3. The highest BCUT2D eigenvalue weighted by Crippen LogP contribution is 2.44. The van der Waals surface area contributed by atoms with Gasteiger partial charge in [0.1, 0.15) is 11.5 Å². The maximum Gasteiger partial charge on any atom is 0.231 e. The average molecular weight is 298 g/mol. The van der Waals surface area contributed by atoms with Gasteiger partial charge in [0.2, 0.25) is 6.79 Å². The second-order valence-electron chi connectivity index (χ2n) is 5.11. The second kappa shape index (κ2) is 6.02. The lowest BCUT2D eigenvalue weighted by Crippen LogP contribution is -1.97. The molecule has 0 radical (unpaired) electrons. The Morgan fingerprint density at radius 3 is 2.73 bits per heavy atom. The number of fused-ring (bicyclic) bond motifs is 1. The van der Waals surface area contributed by atoms with Gasteiger partial charge in [-0.3, -0.25) is 0 Å². The Bertz CT molecular complexity index is 689. The van der Waals surface area contributed by atoms with Crippen molar-refractivity contribution in [2.24, 2.45) is 0 Å². The largest absolute Gasteiger partial charge is 0.507 e. The SMILES string of the molecule is C=CCc1cc2c(c(Cc3ccc(OC)cc3)c1O)OCO2. The molecule has 1 N–H and O–H groups in total. The van der Waals surface area contributed by atoms with Crippen LogP contribution in [0.3, 0.4) is 0 Å². The molecule has 3 rings (SSSR count). The van der Waals surface area contributed by atoms with Crippen LogP contribution >= 0.6 is 0 Å². The lowest BCUT2D eigenvalue weighted by Gasteiger charge is -2.12. The van der Waals surface area contributed by atoms with Gasteiger partial charge >= 0.3 is 0 Å². The van der Waals surface area contributed by atoms with Gasteiger partial charge in [0, 0.05) is 17.5 Å². The van der Waals surface area contributed by atoms with Crippen LogP contribution in [0.1, 0.15) is 16.7 Å². The van der Waals surface area contributed by atoms with Gasteiger partial charge in [-0.2, -0.15) is 0 Å². The molecule has 0 aliphatic carbocycles. The van der Waals surface area contributed by atoms with Crippen LogP contribution in [0.4, 0.5) is 0 Å². The van der Waals surface area contributed by atoms with Crippen LogP contribution in [-0.4, -0.2) is 19.0 Å². The van der Waals surface area contributed by atoms with E-state index in [0.717, 1.165) is 22.4 Å². The van der Waals surface area contributed by atoms with E-state index in [1.54, 1.807) is 13.2 Å². The number of hydrogen-bond donors (Lipinski definition) is 1. The summed E-state index contributed by atoms with van der Waals surface area (Å²) in [5.74, 6) is 2.36. The van der Waals surface area contributed by atoms with E-state index in [4.69, 9.17) is 14.2 Å². The number of allylic oxidation sites excluding steroid dienone is 1. The first kappa shape index (κ1) is 14.3. The molecule has 1 aliphatic rings. The van der Waals surface area contributed by atoms with Crippen LogP contribution in [0.25, 0.3) is 0 Å². The third-order valence-corrected chi connectivity index (χ3v) is 3.72. The summed E-state index contributed by atoms with van der Waals surface area (Å²) in [5, 5.41) is 10.5. The van der Waals surface area contributed by atoms with E-state index in [9.17, 15) is 5.11 Å². The van der Waals surface area contributed by atoms with Crippen LogP contribution in [0.5, 0.6) is 23.0 Å². The molecule has 1 aliphatic heterocycles. The zero-order chi connectivity index (χ0) is 15.5. The van der Waals surface area contributed by atoms with Crippen molar-refractivity contribution in [1.82, 2.24) is 0 Å². The van der Waals surface area contributed by atoms with Crippen molar-refractivity contribution >= 4 is 0 Å². The minimum atomic E-state index is 0.182. The molecule has 1 heterocycles. The summed E-state index contributed by atoms with van der Waals surface area (Å²) in [6, 6.07) is 9.56. The van der Waals surface area contributed by atoms with Crippen LogP contribution in [0.15, 0.2) is 43.0 Å². The number of ether oxygens (including phenoxy) is 3. The van der Waals surface area contributed by atoms with E-state index in [1.165, 1.54) is 0 Å². The fourth-order valence-electron chi connectivity index (χ4n) is 2.58. The zero-order valence-corrected chi connectivity index (χ0v) is 12.5. The molecule has 0 fully saturated rings. The van der Waals surface area contributed by atoms with Crippen molar-refractivity contribution in [3.05, 3.63) is 59.7 Å². The summed E-state index contributed by atoms with van der Waals surface area (Å²) in [6.07, 6.45) is 2.90. The Hall–Kier alpha value is -2.62. The Kier molecular flexibility index (Phi) is 3.92. The highest BCUT2D eigenvalue weighted by molar-refractivity contribution is 5.60. The van der Waals surface area contributed by atoms with Gasteiger partial charge in [0.15, 0.2) is 11.5 Å². The zero-order valence-electron chi connectivity index (χ0n) is 12.5. The summed E-state index contributed by atoms with van der Waals surface area (Å²) in [5.41, 5.74) is 2.60. The van der Waals surface area contributed by atoms with Crippen LogP contribution in [0, 0.1) is 0 Å². The molecule has 114 valence electrons. The molecule has 0 spiro atoms. The number of phenols is 1. The van der Waals surface area contributed by atoms with Gasteiger partial charge in [-0.05, 0) is 30.2 Å². The monoisotopic (exact) mass is 298 g/mol. The molecule has 0 aromatic heterocycles. The molecule has 0 unspecified atom stereocenters. The van der Waals surface area contributed by atoms with E-state index < -0.39 is 0 Å². The Balaban J connectivity index is 1.99. The number of methoxy groups -OCH3 is 1. The molecule has 0 atom stereocenters. The Morgan fingerprint density at radius 1 is 1.27 bits per heavy atom. The topological polar surface area (TPSA) is 47.9 Å². The lowest BCUT2D eigenvalue weighted by atomic mass is 9.98. The molecule has 2 aromatic rings. The normalized spacial score (nSPS) is 12.2. The minimum absolute atomic E-state index is 0.182. The fraction of sp³-hybridized carbons (Fsp3) is 0.222. The van der Waals surface area contributed by atoms with E-state index in [2.05, 4.69) is 6.58 Å². The molecule has 4 heteroatoms. The van der Waals surface area contributed by atoms with Crippen molar-refractivity contribution in [2.75, 3.05) is 13.9 Å². The summed E-state index contributed by atoms with van der Waals surface area (Å²) in [4.78, 5) is 0. The first-order valence-corrected chi connectivity index (χ1v) is 7.10. The van der Waals surface area contributed by atoms with Gasteiger partial charge in [-0.1, -0.05) is 18.2 Å². The van der Waals surface area contributed by atoms with Crippen molar-refractivity contribution in [3.8, 4) is 23.0 Å². The number of hydrogen-bond acceptors (Lipinski definition) is 4. The van der Waals surface area contributed by atoms with E-state index in [-0.39, 0.29) is 12.5 Å². The third-order valence-electron chi connectivity index (χ3n) is 3.72. The molecule has 22 heavy (non-hydrogen) atoms. The molecule has 0 bridgehead atoms. The van der Waals surface area contributed by atoms with Gasteiger partial charge in [0.25, 0.3) is 0 Å². The first-order valence-electron chi connectivity index (χ1n) is 7.10. The van der Waals surface area contributed by atoms with Crippen molar-refractivity contribution in [2.45, 2.75) is 12.8 Å². The van der Waals surface area contributed by atoms with Crippen LogP contribution in [0.2, 0.25) is 0 Å². The van der Waals surface area contributed by atoms with Crippen molar-refractivity contribution < 1.29 is 19.3 Å². The predicted molar refractivity (Wildman–Crippen MR) is 83.9 cm³/mol. The maximum atomic E-state index is 10.5.